The van der Waals surface area contributed by atoms with Crippen LogP contribution in [0.2, 0.25) is 5.02 Å². The Morgan fingerprint density at radius 1 is 1.25 bits per heavy atom. The summed E-state index contributed by atoms with van der Waals surface area (Å²) >= 11 is 6.13. The molecule has 2 heterocycles. The Hall–Kier alpha value is -2.27. The van der Waals surface area contributed by atoms with Crippen LogP contribution in [-0.2, 0) is 0 Å². The van der Waals surface area contributed by atoms with Crippen LogP contribution in [0.1, 0.15) is 18.5 Å². The quantitative estimate of drug-likeness (QED) is 0.890. The molecule has 24 heavy (non-hydrogen) atoms. The Morgan fingerprint density at radius 3 is 2.58 bits per heavy atom. The summed E-state index contributed by atoms with van der Waals surface area (Å²) < 4.78 is 38.3. The van der Waals surface area contributed by atoms with Gasteiger partial charge in [0.05, 0.1) is 5.92 Å². The minimum Gasteiger partial charge on any atom is -0.371 e. The fourth-order valence-electron chi connectivity index (χ4n) is 2.87. The zero-order chi connectivity index (χ0) is 17.3. The summed E-state index contributed by atoms with van der Waals surface area (Å²) in [5.41, 5.74) is 1.89. The van der Waals surface area contributed by atoms with E-state index in [0.717, 1.165) is 0 Å². The van der Waals surface area contributed by atoms with Crippen molar-refractivity contribution in [3.05, 3.63) is 28.9 Å². The molecule has 1 fully saturated rings. The molecule has 1 N–H and O–H groups in total. The van der Waals surface area contributed by atoms with Crippen molar-refractivity contribution in [1.82, 2.24) is 15.4 Å². The second-order valence-electron chi connectivity index (χ2n) is 5.65. The highest BCUT2D eigenvalue weighted by Crippen LogP contribution is 2.37. The van der Waals surface area contributed by atoms with Gasteiger partial charge in [0, 0.05) is 29.4 Å². The summed E-state index contributed by atoms with van der Waals surface area (Å²) in [5, 5.41) is 19.4. The predicted molar refractivity (Wildman–Crippen MR) is 82.5 cm³/mol. The van der Waals surface area contributed by atoms with E-state index in [-0.39, 0.29) is 18.5 Å². The number of nitriles is 1. The van der Waals surface area contributed by atoms with E-state index in [1.54, 1.807) is 18.2 Å². The molecule has 9 heteroatoms. The van der Waals surface area contributed by atoms with E-state index in [4.69, 9.17) is 16.9 Å². The topological polar surface area (TPSA) is 68.6 Å². The first-order valence-electron chi connectivity index (χ1n) is 7.32. The van der Waals surface area contributed by atoms with E-state index < -0.39 is 12.1 Å². The van der Waals surface area contributed by atoms with Crippen molar-refractivity contribution in [2.45, 2.75) is 19.0 Å². The van der Waals surface area contributed by atoms with E-state index in [9.17, 15) is 13.2 Å². The minimum absolute atomic E-state index is 0.0543. The number of hydrogen-bond donors (Lipinski definition) is 1. The number of halogens is 4. The molecule has 1 aromatic carbocycles. The standard InChI is InChI=1S/C15H13ClF3N5/c16-11-5-9(14-13(8-20)21-23-22-14)6-12(7-11)24-3-1-10(2-4-24)15(17,18)19/h5-7,10H,1-4H2,(H,21,22,23). The normalized spacial score (nSPS) is 16.2. The molecule has 1 aliphatic heterocycles. The van der Waals surface area contributed by atoms with E-state index in [1.807, 2.05) is 11.0 Å². The van der Waals surface area contributed by atoms with Gasteiger partial charge in [-0.2, -0.15) is 18.4 Å². The summed E-state index contributed by atoms with van der Waals surface area (Å²) in [5.74, 6) is -1.26. The van der Waals surface area contributed by atoms with E-state index in [1.165, 1.54) is 0 Å². The highest BCUT2D eigenvalue weighted by Gasteiger charge is 2.41. The van der Waals surface area contributed by atoms with Gasteiger partial charge in [0.25, 0.3) is 0 Å². The predicted octanol–water partition coefficient (Wildman–Crippen LogP) is 3.78. The van der Waals surface area contributed by atoms with Crippen LogP contribution in [0.4, 0.5) is 18.9 Å². The number of rotatable bonds is 2. The molecule has 0 saturated carbocycles. The molecule has 0 bridgehead atoms. The van der Waals surface area contributed by atoms with Crippen molar-refractivity contribution in [2.75, 3.05) is 18.0 Å². The summed E-state index contributed by atoms with van der Waals surface area (Å²) in [7, 11) is 0. The van der Waals surface area contributed by atoms with Crippen LogP contribution < -0.4 is 4.90 Å². The molecule has 1 aromatic heterocycles. The molecular weight excluding hydrogens is 343 g/mol. The Labute approximate surface area is 141 Å². The number of benzene rings is 1. The average Bonchev–Trinajstić information content (AvgIpc) is 3.02. The van der Waals surface area contributed by atoms with Crippen LogP contribution in [0.3, 0.4) is 0 Å². The minimum atomic E-state index is -4.14. The third kappa shape index (κ3) is 3.31. The number of nitrogens with zero attached hydrogens (tertiary/aromatic N) is 4. The van der Waals surface area contributed by atoms with Gasteiger partial charge >= 0.3 is 6.18 Å². The van der Waals surface area contributed by atoms with Crippen molar-refractivity contribution < 1.29 is 13.2 Å². The number of hydrogen-bond acceptors (Lipinski definition) is 4. The molecule has 0 amide bonds. The Balaban J connectivity index is 1.85. The largest absolute Gasteiger partial charge is 0.391 e. The molecule has 0 atom stereocenters. The number of H-pyrrole nitrogens is 1. The van der Waals surface area contributed by atoms with Gasteiger partial charge in [0.1, 0.15) is 11.8 Å². The Kier molecular flexibility index (Phi) is 4.37. The zero-order valence-corrected chi connectivity index (χ0v) is 13.2. The monoisotopic (exact) mass is 355 g/mol. The summed E-state index contributed by atoms with van der Waals surface area (Å²) in [6.07, 6.45) is -4.04. The second kappa shape index (κ2) is 6.32. The van der Waals surface area contributed by atoms with E-state index in [0.29, 0.717) is 35.1 Å². The third-order valence-electron chi connectivity index (χ3n) is 4.14. The van der Waals surface area contributed by atoms with Gasteiger partial charge in [-0.3, -0.25) is 0 Å². The van der Waals surface area contributed by atoms with Crippen LogP contribution in [0, 0.1) is 17.2 Å². The van der Waals surface area contributed by atoms with Gasteiger partial charge < -0.3 is 4.90 Å². The lowest BCUT2D eigenvalue weighted by atomic mass is 9.95. The van der Waals surface area contributed by atoms with Crippen molar-refractivity contribution in [3.63, 3.8) is 0 Å². The average molecular weight is 356 g/mol. The van der Waals surface area contributed by atoms with Crippen LogP contribution in [-0.4, -0.2) is 34.7 Å². The first kappa shape index (κ1) is 16.6. The molecule has 0 unspecified atom stereocenters. The summed E-state index contributed by atoms with van der Waals surface area (Å²) in [6.45, 7) is 0.599. The number of aromatic amines is 1. The maximum absolute atomic E-state index is 12.8. The number of alkyl halides is 3. The molecule has 5 nitrogen and oxygen atoms in total. The van der Waals surface area contributed by atoms with Crippen molar-refractivity contribution >= 4 is 17.3 Å². The van der Waals surface area contributed by atoms with E-state index >= 15 is 0 Å². The van der Waals surface area contributed by atoms with Gasteiger partial charge in [-0.1, -0.05) is 16.8 Å². The Morgan fingerprint density at radius 2 is 1.96 bits per heavy atom. The second-order valence-corrected chi connectivity index (χ2v) is 6.08. The number of aromatic nitrogens is 3. The lowest BCUT2D eigenvalue weighted by Crippen LogP contribution is -2.39. The molecule has 0 spiro atoms. The maximum atomic E-state index is 12.8. The highest BCUT2D eigenvalue weighted by atomic mass is 35.5. The molecular formula is C15H13ClF3N5. The van der Waals surface area contributed by atoms with Gasteiger partial charge in [-0.15, -0.1) is 5.10 Å². The third-order valence-corrected chi connectivity index (χ3v) is 4.36. The van der Waals surface area contributed by atoms with Crippen LogP contribution in [0.5, 0.6) is 0 Å². The molecule has 1 saturated heterocycles. The highest BCUT2D eigenvalue weighted by molar-refractivity contribution is 6.31. The first-order chi connectivity index (χ1) is 11.4. The van der Waals surface area contributed by atoms with Crippen molar-refractivity contribution in [2.24, 2.45) is 5.92 Å². The smallest absolute Gasteiger partial charge is 0.371 e. The molecule has 1 aliphatic rings. The maximum Gasteiger partial charge on any atom is 0.391 e. The van der Waals surface area contributed by atoms with Crippen LogP contribution in [0.25, 0.3) is 11.3 Å². The van der Waals surface area contributed by atoms with Gasteiger partial charge in [0.2, 0.25) is 0 Å². The molecule has 126 valence electrons. The van der Waals surface area contributed by atoms with Crippen LogP contribution in [0.15, 0.2) is 18.2 Å². The molecule has 0 aliphatic carbocycles. The lowest BCUT2D eigenvalue weighted by Gasteiger charge is -2.34. The van der Waals surface area contributed by atoms with Gasteiger partial charge in [-0.25, -0.2) is 5.10 Å². The number of anilines is 1. The summed E-state index contributed by atoms with van der Waals surface area (Å²) in [6, 6.07) is 7.06. The SMILES string of the molecule is N#Cc1[nH]nnc1-c1cc(Cl)cc(N2CCC(C(F)(F)F)CC2)c1. The van der Waals surface area contributed by atoms with Crippen molar-refractivity contribution in [1.29, 1.82) is 5.26 Å². The zero-order valence-electron chi connectivity index (χ0n) is 12.4. The fourth-order valence-corrected chi connectivity index (χ4v) is 3.10. The lowest BCUT2D eigenvalue weighted by molar-refractivity contribution is -0.179. The number of nitrogens with one attached hydrogen (secondary N) is 1. The Bertz CT molecular complexity index is 772. The fraction of sp³-hybridized carbons (Fsp3) is 0.400. The molecule has 3 rings (SSSR count). The van der Waals surface area contributed by atoms with Crippen molar-refractivity contribution in [3.8, 4) is 17.3 Å². The molecule has 0 radical (unpaired) electrons. The number of piperidine rings is 1. The molecule has 2 aromatic rings. The first-order valence-corrected chi connectivity index (χ1v) is 7.70. The van der Waals surface area contributed by atoms with Gasteiger partial charge in [-0.05, 0) is 31.0 Å². The van der Waals surface area contributed by atoms with Crippen LogP contribution >= 0.6 is 11.6 Å². The summed E-state index contributed by atoms with van der Waals surface area (Å²) in [4.78, 5) is 1.86. The van der Waals surface area contributed by atoms with E-state index in [2.05, 4.69) is 15.4 Å². The van der Waals surface area contributed by atoms with Gasteiger partial charge in [0.15, 0.2) is 5.69 Å².